The van der Waals surface area contributed by atoms with E-state index in [0.29, 0.717) is 5.69 Å². The summed E-state index contributed by atoms with van der Waals surface area (Å²) in [6.45, 7) is 1.95. The highest BCUT2D eigenvalue weighted by Crippen LogP contribution is 2.46. The number of benzene rings is 3. The first-order valence-corrected chi connectivity index (χ1v) is 9.83. The van der Waals surface area contributed by atoms with E-state index in [2.05, 4.69) is 21.2 Å². The predicted octanol–water partition coefficient (Wildman–Crippen LogP) is 5.03. The molecule has 4 rings (SSSR count). The number of carbonyl (C=O) groups excluding carboxylic acids is 2. The molecule has 3 aromatic carbocycles. The Labute approximate surface area is 172 Å². The maximum absolute atomic E-state index is 13.6. The van der Waals surface area contributed by atoms with Crippen LogP contribution in [-0.4, -0.2) is 11.8 Å². The van der Waals surface area contributed by atoms with Crippen molar-refractivity contribution in [3.8, 4) is 0 Å². The monoisotopic (exact) mass is 434 g/mol. The number of para-hydroxylation sites is 1. The fourth-order valence-electron chi connectivity index (χ4n) is 3.65. The number of rotatable bonds is 4. The van der Waals surface area contributed by atoms with Crippen LogP contribution in [0.1, 0.15) is 17.5 Å². The number of hydrogen-bond donors (Lipinski definition) is 1. The number of aryl methyl sites for hydroxylation is 1. The third-order valence-corrected chi connectivity index (χ3v) is 5.67. The van der Waals surface area contributed by atoms with Crippen LogP contribution < -0.4 is 10.2 Å². The van der Waals surface area contributed by atoms with Gasteiger partial charge in [-0.25, -0.2) is 0 Å². The van der Waals surface area contributed by atoms with Gasteiger partial charge in [-0.3, -0.25) is 14.5 Å². The lowest BCUT2D eigenvalue weighted by Crippen LogP contribution is -2.67. The molecule has 0 bridgehead atoms. The van der Waals surface area contributed by atoms with Crippen LogP contribution >= 0.6 is 15.9 Å². The molecule has 3 aromatic rings. The Morgan fingerprint density at radius 1 is 0.964 bits per heavy atom. The van der Waals surface area contributed by atoms with E-state index in [4.69, 9.17) is 0 Å². The van der Waals surface area contributed by atoms with Crippen molar-refractivity contribution in [3.05, 3.63) is 94.5 Å². The zero-order valence-electron chi connectivity index (χ0n) is 15.4. The fraction of sp³-hybridized carbons (Fsp3) is 0.130. The molecule has 0 spiro atoms. The van der Waals surface area contributed by atoms with Gasteiger partial charge in [-0.15, -0.1) is 0 Å². The Bertz CT molecular complexity index is 1030. The summed E-state index contributed by atoms with van der Waals surface area (Å²) in [6.07, 6.45) is 0.130. The normalized spacial score (nSPS) is 18.5. The maximum atomic E-state index is 13.6. The molecule has 0 aromatic heterocycles. The summed E-state index contributed by atoms with van der Waals surface area (Å²) >= 11 is 3.42. The van der Waals surface area contributed by atoms with E-state index < -0.39 is 5.54 Å². The molecule has 1 N–H and O–H groups in total. The van der Waals surface area contributed by atoms with Crippen molar-refractivity contribution in [2.24, 2.45) is 0 Å². The Balaban J connectivity index is 1.79. The predicted molar refractivity (Wildman–Crippen MR) is 114 cm³/mol. The van der Waals surface area contributed by atoms with Crippen LogP contribution in [0, 0.1) is 6.92 Å². The topological polar surface area (TPSA) is 49.4 Å². The van der Waals surface area contributed by atoms with Crippen molar-refractivity contribution in [1.82, 2.24) is 0 Å². The second kappa shape index (κ2) is 7.24. The van der Waals surface area contributed by atoms with Gasteiger partial charge in [0, 0.05) is 15.8 Å². The molecule has 1 aliphatic heterocycles. The van der Waals surface area contributed by atoms with Crippen LogP contribution in [-0.2, 0) is 15.1 Å². The molecule has 0 saturated carbocycles. The number of amides is 2. The van der Waals surface area contributed by atoms with E-state index in [1.807, 2.05) is 85.8 Å². The first-order chi connectivity index (χ1) is 13.5. The maximum Gasteiger partial charge on any atom is 0.255 e. The van der Waals surface area contributed by atoms with Crippen molar-refractivity contribution >= 4 is 39.1 Å². The highest BCUT2D eigenvalue weighted by Gasteiger charge is 2.58. The van der Waals surface area contributed by atoms with E-state index in [9.17, 15) is 9.59 Å². The highest BCUT2D eigenvalue weighted by atomic mass is 79.9. The van der Waals surface area contributed by atoms with Gasteiger partial charge in [0.05, 0.1) is 6.42 Å². The Hall–Kier alpha value is -2.92. The Morgan fingerprint density at radius 3 is 2.25 bits per heavy atom. The molecule has 0 unspecified atom stereocenters. The number of hydrogen-bond acceptors (Lipinski definition) is 2. The number of carbonyl (C=O) groups is 2. The summed E-state index contributed by atoms with van der Waals surface area (Å²) in [5, 5.41) is 3.04. The summed E-state index contributed by atoms with van der Waals surface area (Å²) < 4.78 is 0.916. The van der Waals surface area contributed by atoms with Gasteiger partial charge in [0.25, 0.3) is 5.91 Å². The lowest BCUT2D eigenvalue weighted by molar-refractivity contribution is -0.137. The van der Waals surface area contributed by atoms with E-state index in [1.54, 1.807) is 4.90 Å². The summed E-state index contributed by atoms with van der Waals surface area (Å²) in [7, 11) is 0. The molecule has 1 saturated heterocycles. The number of β-lactam (4-membered cyclic amide) rings is 1. The number of nitrogens with one attached hydrogen (secondary N) is 1. The molecule has 0 aliphatic carbocycles. The van der Waals surface area contributed by atoms with Crippen molar-refractivity contribution in [2.45, 2.75) is 18.9 Å². The lowest BCUT2D eigenvalue weighted by atomic mass is 9.76. The van der Waals surface area contributed by atoms with Gasteiger partial charge in [0.1, 0.15) is 0 Å². The third kappa shape index (κ3) is 3.02. The average molecular weight is 435 g/mol. The molecule has 2 amide bonds. The van der Waals surface area contributed by atoms with Gasteiger partial charge in [0.2, 0.25) is 5.91 Å². The molecule has 1 atom stereocenters. The van der Waals surface area contributed by atoms with Gasteiger partial charge < -0.3 is 5.32 Å². The van der Waals surface area contributed by atoms with Crippen LogP contribution in [0.25, 0.3) is 0 Å². The second-order valence-corrected chi connectivity index (χ2v) is 7.79. The third-order valence-electron chi connectivity index (χ3n) is 5.14. The molecule has 1 aliphatic rings. The van der Waals surface area contributed by atoms with Crippen LogP contribution in [0.3, 0.4) is 0 Å². The van der Waals surface area contributed by atoms with Crippen molar-refractivity contribution in [2.75, 3.05) is 10.2 Å². The van der Waals surface area contributed by atoms with E-state index in [0.717, 1.165) is 21.3 Å². The standard InChI is InChI=1S/C23H19BrN2O2/c1-16-7-5-6-10-20(16)25-22(28)23(17-8-3-2-4-9-17)15-21(27)26(23)19-13-11-18(24)12-14-19/h2-14H,15H2,1H3,(H,25,28)/t23-/m0/s1. The zero-order valence-corrected chi connectivity index (χ0v) is 16.9. The van der Waals surface area contributed by atoms with Crippen molar-refractivity contribution in [1.29, 1.82) is 0 Å². The molecule has 1 fully saturated rings. The van der Waals surface area contributed by atoms with Crippen LogP contribution in [0.2, 0.25) is 0 Å². The van der Waals surface area contributed by atoms with Gasteiger partial charge in [0.15, 0.2) is 5.54 Å². The van der Waals surface area contributed by atoms with Crippen LogP contribution in [0.15, 0.2) is 83.3 Å². The summed E-state index contributed by atoms with van der Waals surface area (Å²) in [4.78, 5) is 27.8. The lowest BCUT2D eigenvalue weighted by Gasteiger charge is -2.50. The smallest absolute Gasteiger partial charge is 0.255 e. The summed E-state index contributed by atoms with van der Waals surface area (Å²) in [5.74, 6) is -0.290. The summed E-state index contributed by atoms with van der Waals surface area (Å²) in [5.41, 5.74) is 2.14. The summed E-state index contributed by atoms with van der Waals surface area (Å²) in [6, 6.07) is 24.5. The number of nitrogens with zero attached hydrogens (tertiary/aromatic N) is 1. The minimum absolute atomic E-state index is 0.0777. The number of anilines is 2. The fourth-order valence-corrected chi connectivity index (χ4v) is 3.91. The Kier molecular flexibility index (Phi) is 4.77. The van der Waals surface area contributed by atoms with Gasteiger partial charge in [-0.05, 0) is 48.4 Å². The van der Waals surface area contributed by atoms with Gasteiger partial charge in [-0.1, -0.05) is 64.5 Å². The SMILES string of the molecule is Cc1ccccc1NC(=O)[C@@]1(c2ccccc2)CC(=O)N1c1ccc(Br)cc1. The molecular weight excluding hydrogens is 416 g/mol. The van der Waals surface area contributed by atoms with Crippen LogP contribution in [0.4, 0.5) is 11.4 Å². The molecule has 28 heavy (non-hydrogen) atoms. The molecule has 140 valence electrons. The van der Waals surface area contributed by atoms with E-state index in [-0.39, 0.29) is 18.2 Å². The van der Waals surface area contributed by atoms with Crippen LogP contribution in [0.5, 0.6) is 0 Å². The Morgan fingerprint density at radius 2 is 1.61 bits per heavy atom. The largest absolute Gasteiger partial charge is 0.323 e. The highest BCUT2D eigenvalue weighted by molar-refractivity contribution is 9.10. The molecule has 4 nitrogen and oxygen atoms in total. The second-order valence-electron chi connectivity index (χ2n) is 6.88. The molecule has 1 heterocycles. The average Bonchev–Trinajstić information content (AvgIpc) is 2.70. The van der Waals surface area contributed by atoms with E-state index in [1.165, 1.54) is 0 Å². The first kappa shape index (κ1) is 18.4. The van der Waals surface area contributed by atoms with Crippen molar-refractivity contribution < 1.29 is 9.59 Å². The van der Waals surface area contributed by atoms with Gasteiger partial charge in [-0.2, -0.15) is 0 Å². The molecule has 5 heteroatoms. The minimum atomic E-state index is -1.07. The van der Waals surface area contributed by atoms with E-state index >= 15 is 0 Å². The van der Waals surface area contributed by atoms with Gasteiger partial charge >= 0.3 is 0 Å². The molecular formula is C23H19BrN2O2. The quantitative estimate of drug-likeness (QED) is 0.585. The van der Waals surface area contributed by atoms with Crippen molar-refractivity contribution in [3.63, 3.8) is 0 Å². The minimum Gasteiger partial charge on any atom is -0.323 e. The molecule has 0 radical (unpaired) electrons. The zero-order chi connectivity index (χ0) is 19.7. The first-order valence-electron chi connectivity index (χ1n) is 9.03. The number of halogens is 1.